The van der Waals surface area contributed by atoms with Crippen molar-refractivity contribution >= 4 is 32.7 Å². The summed E-state index contributed by atoms with van der Waals surface area (Å²) >= 11 is 0. The third-order valence-corrected chi connectivity index (χ3v) is 8.08. The Balaban J connectivity index is 1.28. The minimum atomic E-state index is 0.293. The lowest BCUT2D eigenvalue weighted by atomic mass is 9.79. The number of aromatic hydroxyl groups is 1. The van der Waals surface area contributed by atoms with Crippen molar-refractivity contribution in [3.05, 3.63) is 83.3 Å². The van der Waals surface area contributed by atoms with Gasteiger partial charge in [0.2, 0.25) is 0 Å². The molecule has 7 rings (SSSR count). The van der Waals surface area contributed by atoms with Crippen LogP contribution in [0.2, 0.25) is 0 Å². The van der Waals surface area contributed by atoms with Gasteiger partial charge in [0, 0.05) is 52.2 Å². The van der Waals surface area contributed by atoms with E-state index < -0.39 is 0 Å². The Kier molecular flexibility index (Phi) is 4.36. The van der Waals surface area contributed by atoms with Crippen molar-refractivity contribution in [1.82, 2.24) is 19.9 Å². The zero-order chi connectivity index (χ0) is 22.8. The summed E-state index contributed by atoms with van der Waals surface area (Å²) in [5.41, 5.74) is 8.95. The molecular formula is C29H28N4O. The molecular weight excluding hydrogens is 420 g/mol. The molecule has 3 aromatic heterocycles. The molecule has 5 nitrogen and oxygen atoms in total. The number of H-pyrrole nitrogens is 2. The molecule has 1 fully saturated rings. The van der Waals surface area contributed by atoms with Gasteiger partial charge in [-0.2, -0.15) is 0 Å². The summed E-state index contributed by atoms with van der Waals surface area (Å²) in [7, 11) is 0. The molecule has 0 aliphatic carbocycles. The Morgan fingerprint density at radius 1 is 1.06 bits per heavy atom. The molecule has 2 aromatic carbocycles. The zero-order valence-corrected chi connectivity index (χ0v) is 19.3. The van der Waals surface area contributed by atoms with Gasteiger partial charge >= 0.3 is 0 Å². The Bertz CT molecular complexity index is 1590. The van der Waals surface area contributed by atoms with Gasteiger partial charge in [0.25, 0.3) is 0 Å². The molecule has 1 saturated heterocycles. The second-order valence-corrected chi connectivity index (χ2v) is 9.83. The minimum absolute atomic E-state index is 0.293. The molecule has 0 radical (unpaired) electrons. The normalized spacial score (nSPS) is 22.0. The molecule has 0 spiro atoms. The molecule has 0 unspecified atom stereocenters. The number of nitrogens with one attached hydrogen (secondary N) is 2. The van der Waals surface area contributed by atoms with E-state index >= 15 is 0 Å². The molecule has 0 saturated carbocycles. The third kappa shape index (κ3) is 2.93. The summed E-state index contributed by atoms with van der Waals surface area (Å²) in [6.07, 6.45) is 7.36. The Morgan fingerprint density at radius 2 is 1.94 bits per heavy atom. The van der Waals surface area contributed by atoms with E-state index in [0.29, 0.717) is 17.7 Å². The van der Waals surface area contributed by atoms with Gasteiger partial charge in [0.05, 0.1) is 17.3 Å². The number of rotatable bonds is 2. The van der Waals surface area contributed by atoms with E-state index in [9.17, 15) is 5.11 Å². The number of fused-ring (bicyclic) bond motifs is 8. The first kappa shape index (κ1) is 19.9. The van der Waals surface area contributed by atoms with Crippen molar-refractivity contribution in [1.29, 1.82) is 0 Å². The number of benzene rings is 2. The number of para-hydroxylation sites is 1. The number of piperidine rings is 1. The van der Waals surface area contributed by atoms with Gasteiger partial charge < -0.3 is 15.1 Å². The fourth-order valence-electron chi connectivity index (χ4n) is 6.41. The average molecular weight is 449 g/mol. The van der Waals surface area contributed by atoms with Crippen molar-refractivity contribution in [2.75, 3.05) is 13.1 Å². The smallest absolute Gasteiger partial charge is 0.116 e. The van der Waals surface area contributed by atoms with Gasteiger partial charge in [-0.25, -0.2) is 0 Å². The summed E-state index contributed by atoms with van der Waals surface area (Å²) in [6.45, 7) is 4.32. The number of phenolic OH excluding ortho intramolecular Hbond substituents is 1. The maximum Gasteiger partial charge on any atom is 0.116 e. The van der Waals surface area contributed by atoms with E-state index in [1.807, 2.05) is 24.4 Å². The van der Waals surface area contributed by atoms with Gasteiger partial charge in [-0.1, -0.05) is 29.8 Å². The summed E-state index contributed by atoms with van der Waals surface area (Å²) in [5.74, 6) is 0.739. The van der Waals surface area contributed by atoms with E-state index in [1.54, 1.807) is 6.07 Å². The van der Waals surface area contributed by atoms with Gasteiger partial charge in [-0.15, -0.1) is 0 Å². The Hall–Kier alpha value is -3.57. The predicted molar refractivity (Wildman–Crippen MR) is 137 cm³/mol. The minimum Gasteiger partial charge on any atom is -0.508 e. The highest BCUT2D eigenvalue weighted by Gasteiger charge is 2.37. The molecule has 2 atom stereocenters. The number of pyridine rings is 1. The first-order chi connectivity index (χ1) is 16.7. The summed E-state index contributed by atoms with van der Waals surface area (Å²) in [6, 6.07) is 16.7. The van der Waals surface area contributed by atoms with Crippen LogP contribution in [0.1, 0.15) is 36.3 Å². The van der Waals surface area contributed by atoms with E-state index in [2.05, 4.69) is 52.1 Å². The van der Waals surface area contributed by atoms with E-state index in [4.69, 9.17) is 4.98 Å². The summed E-state index contributed by atoms with van der Waals surface area (Å²) in [4.78, 5) is 14.8. The number of phenols is 1. The van der Waals surface area contributed by atoms with Crippen LogP contribution in [0.5, 0.6) is 5.75 Å². The van der Waals surface area contributed by atoms with Crippen LogP contribution in [-0.2, 0) is 12.8 Å². The van der Waals surface area contributed by atoms with Crippen molar-refractivity contribution in [2.24, 2.45) is 5.92 Å². The van der Waals surface area contributed by atoms with Crippen LogP contribution in [0, 0.1) is 5.92 Å². The quantitative estimate of drug-likeness (QED) is 0.290. The maximum atomic E-state index is 10.0. The number of hydrogen-bond acceptors (Lipinski definition) is 3. The van der Waals surface area contributed by atoms with Crippen LogP contribution < -0.4 is 0 Å². The topological polar surface area (TPSA) is 67.9 Å². The average Bonchev–Trinajstić information content (AvgIpc) is 3.43. The molecule has 3 N–H and O–H groups in total. The first-order valence-electron chi connectivity index (χ1n) is 12.3. The zero-order valence-electron chi connectivity index (χ0n) is 19.3. The molecule has 170 valence electrons. The molecule has 5 heteroatoms. The molecule has 5 aromatic rings. The van der Waals surface area contributed by atoms with Crippen LogP contribution in [0.15, 0.2) is 66.4 Å². The number of allylic oxidation sites excluding steroid dienone is 1. The first-order valence-corrected chi connectivity index (χ1v) is 12.3. The highest BCUT2D eigenvalue weighted by Crippen LogP contribution is 2.44. The standard InChI is InChI=1S/C29H28N4O/c1-2-17-16-33-12-10-22-20-5-3-4-6-24(20)32-29(22)27(33)14-18(17)13-26-28-21(9-11-30-26)23-15-19(34)7-8-25(23)31-28/h2-9,11,15,18,27,31-32,34H,10,12-14,16H2,1H3/b17-2+/t18-,27-/m0/s1. The van der Waals surface area contributed by atoms with E-state index in [0.717, 1.165) is 59.9 Å². The number of hydrogen-bond donors (Lipinski definition) is 3. The van der Waals surface area contributed by atoms with Gasteiger partial charge in [-0.05, 0) is 68.0 Å². The highest BCUT2D eigenvalue weighted by molar-refractivity contribution is 6.08. The fraction of sp³-hybridized carbons (Fsp3) is 0.276. The van der Waals surface area contributed by atoms with Gasteiger partial charge in [-0.3, -0.25) is 9.88 Å². The second-order valence-electron chi connectivity index (χ2n) is 9.83. The molecule has 0 bridgehead atoms. The summed E-state index contributed by atoms with van der Waals surface area (Å²) < 4.78 is 0. The van der Waals surface area contributed by atoms with Gasteiger partial charge in [0.15, 0.2) is 0 Å². The van der Waals surface area contributed by atoms with E-state index in [-0.39, 0.29) is 0 Å². The molecule has 34 heavy (non-hydrogen) atoms. The number of aromatic amines is 2. The third-order valence-electron chi connectivity index (χ3n) is 8.08. The maximum absolute atomic E-state index is 10.0. The Morgan fingerprint density at radius 3 is 2.85 bits per heavy atom. The summed E-state index contributed by atoms with van der Waals surface area (Å²) in [5, 5.41) is 13.6. The van der Waals surface area contributed by atoms with Crippen molar-refractivity contribution in [3.8, 4) is 5.75 Å². The fourth-order valence-corrected chi connectivity index (χ4v) is 6.41. The molecule has 2 aliphatic heterocycles. The van der Waals surface area contributed by atoms with Crippen molar-refractivity contribution < 1.29 is 5.11 Å². The SMILES string of the molecule is C/C=C1\CN2CCc3c([nH]c4ccccc34)[C@@H]2C[C@@H]1Cc1nccc2c1[nH]c1ccc(O)cc12. The lowest BCUT2D eigenvalue weighted by Gasteiger charge is -2.43. The number of nitrogens with zero attached hydrogens (tertiary/aromatic N) is 2. The van der Waals surface area contributed by atoms with Crippen LogP contribution in [-0.4, -0.2) is 38.0 Å². The predicted octanol–water partition coefficient (Wildman–Crippen LogP) is 6.01. The molecule has 2 aliphatic rings. The van der Waals surface area contributed by atoms with Crippen LogP contribution >= 0.6 is 0 Å². The lowest BCUT2D eigenvalue weighted by molar-refractivity contribution is 0.138. The van der Waals surface area contributed by atoms with Crippen LogP contribution in [0.25, 0.3) is 32.7 Å². The van der Waals surface area contributed by atoms with Crippen LogP contribution in [0.4, 0.5) is 0 Å². The molecule has 5 heterocycles. The van der Waals surface area contributed by atoms with Crippen molar-refractivity contribution in [2.45, 2.75) is 32.2 Å². The highest BCUT2D eigenvalue weighted by atomic mass is 16.3. The number of aromatic nitrogens is 3. The Labute approximate surface area is 198 Å². The molecule has 0 amide bonds. The van der Waals surface area contributed by atoms with E-state index in [1.165, 1.54) is 27.7 Å². The van der Waals surface area contributed by atoms with Crippen molar-refractivity contribution in [3.63, 3.8) is 0 Å². The van der Waals surface area contributed by atoms with Crippen LogP contribution in [0.3, 0.4) is 0 Å². The second kappa shape index (κ2) is 7.47. The largest absolute Gasteiger partial charge is 0.508 e. The van der Waals surface area contributed by atoms with Gasteiger partial charge in [0.1, 0.15) is 5.75 Å². The monoisotopic (exact) mass is 448 g/mol. The lowest BCUT2D eigenvalue weighted by Crippen LogP contribution is -2.43.